The molecule has 6 heteroatoms. The zero-order valence-corrected chi connectivity index (χ0v) is 7.44. The number of aromatic nitrogens is 3. The molecule has 0 unspecified atom stereocenters. The first kappa shape index (κ1) is 10.0. The topological polar surface area (TPSA) is 32.6 Å². The van der Waals surface area contributed by atoms with E-state index in [-0.39, 0.29) is 0 Å². The third-order valence-electron chi connectivity index (χ3n) is 1.60. The normalized spacial score (nSPS) is 12.1. The Balaban J connectivity index is 2.96. The number of H-pyrrole nitrogens is 1. The average molecular weight is 194 g/mol. The van der Waals surface area contributed by atoms with Gasteiger partial charge in [-0.05, 0) is 11.4 Å². The number of hydrogen-bond donors (Lipinski definition) is 1. The second-order valence-corrected chi connectivity index (χ2v) is 2.80. The van der Waals surface area contributed by atoms with Crippen LogP contribution in [-0.2, 0) is 19.6 Å². The van der Waals surface area contributed by atoms with Crippen LogP contribution in [0, 0.1) is 0 Å². The summed E-state index contributed by atoms with van der Waals surface area (Å²) in [5, 5.41) is 2.54. The summed E-state index contributed by atoms with van der Waals surface area (Å²) in [7, 11) is 1.30. The Bertz CT molecular complexity index is 290. The Kier molecular flexibility index (Phi) is 2.58. The van der Waals surface area contributed by atoms with Gasteiger partial charge in [-0.3, -0.25) is 0 Å². The maximum Gasteiger partial charge on any atom is 0.501 e. The van der Waals surface area contributed by atoms with Crippen LogP contribution in [0.3, 0.4) is 0 Å². The van der Waals surface area contributed by atoms with Gasteiger partial charge in [0, 0.05) is 6.42 Å². The van der Waals surface area contributed by atoms with Crippen molar-refractivity contribution in [3.8, 4) is 0 Å². The van der Waals surface area contributed by atoms with E-state index in [2.05, 4.69) is 10.1 Å². The molecule has 0 saturated carbocycles. The highest BCUT2D eigenvalue weighted by Crippen LogP contribution is 2.24. The zero-order chi connectivity index (χ0) is 10.1. The summed E-state index contributed by atoms with van der Waals surface area (Å²) in [6.07, 6.45) is -3.08. The van der Waals surface area contributed by atoms with E-state index >= 15 is 0 Å². The maximum absolute atomic E-state index is 12.2. The number of aromatic amines is 1. The highest BCUT2D eigenvalue weighted by Gasteiger charge is 2.45. The summed E-state index contributed by atoms with van der Waals surface area (Å²) in [4.78, 5) is 3.45. The van der Waals surface area contributed by atoms with Gasteiger partial charge in [-0.15, -0.1) is 0 Å². The number of halogens is 3. The largest absolute Gasteiger partial charge is 0.501 e. The fourth-order valence-corrected chi connectivity index (χ4v) is 1.08. The van der Waals surface area contributed by atoms with Crippen molar-refractivity contribution in [2.45, 2.75) is 25.9 Å². The van der Waals surface area contributed by atoms with Crippen LogP contribution in [0.5, 0.6) is 0 Å². The standard InChI is InChI=1S/C7H10F3N3/c1-3-4-5-11-6(7(8,9)10)13(2)12-5/h3-4H2,1-2H3/p+1. The third-order valence-corrected chi connectivity index (χ3v) is 1.60. The van der Waals surface area contributed by atoms with Gasteiger partial charge in [0.1, 0.15) is 7.05 Å². The predicted molar refractivity (Wildman–Crippen MR) is 38.8 cm³/mol. The van der Waals surface area contributed by atoms with E-state index in [0.717, 1.165) is 11.1 Å². The van der Waals surface area contributed by atoms with E-state index in [1.165, 1.54) is 7.05 Å². The van der Waals surface area contributed by atoms with E-state index < -0.39 is 12.0 Å². The van der Waals surface area contributed by atoms with Gasteiger partial charge in [0.15, 0.2) is 0 Å². The Morgan fingerprint density at radius 3 is 2.46 bits per heavy atom. The molecule has 0 bridgehead atoms. The highest BCUT2D eigenvalue weighted by molar-refractivity contribution is 4.88. The van der Waals surface area contributed by atoms with Crippen molar-refractivity contribution in [1.82, 2.24) is 10.1 Å². The summed E-state index contributed by atoms with van der Waals surface area (Å²) in [5.74, 6) is -0.506. The molecule has 0 aromatic carbocycles. The number of nitrogens with one attached hydrogen (secondary N) is 1. The van der Waals surface area contributed by atoms with Crippen LogP contribution in [-0.4, -0.2) is 10.1 Å². The molecule has 0 aliphatic rings. The SMILES string of the molecule is CCCc1nc(C(F)(F)F)[n+](C)[nH]1. The van der Waals surface area contributed by atoms with Gasteiger partial charge >= 0.3 is 12.0 Å². The Hall–Kier alpha value is -1.07. The summed E-state index contributed by atoms with van der Waals surface area (Å²) < 4.78 is 37.5. The summed E-state index contributed by atoms with van der Waals surface area (Å²) in [6.45, 7) is 1.88. The van der Waals surface area contributed by atoms with Crippen molar-refractivity contribution in [3.63, 3.8) is 0 Å². The summed E-state index contributed by atoms with van der Waals surface area (Å²) >= 11 is 0. The van der Waals surface area contributed by atoms with E-state index in [1.54, 1.807) is 0 Å². The molecule has 1 aromatic heterocycles. The minimum absolute atomic E-state index is 0.373. The number of hydrogen-bond acceptors (Lipinski definition) is 1. The molecule has 0 radical (unpaired) electrons. The van der Waals surface area contributed by atoms with Crippen LogP contribution in [0.1, 0.15) is 25.0 Å². The van der Waals surface area contributed by atoms with Crippen molar-refractivity contribution in [3.05, 3.63) is 11.6 Å². The second kappa shape index (κ2) is 3.35. The number of aryl methyl sites for hydroxylation is 2. The molecule has 0 amide bonds. The van der Waals surface area contributed by atoms with Crippen molar-refractivity contribution in [1.29, 1.82) is 0 Å². The molecule has 0 saturated heterocycles. The van der Waals surface area contributed by atoms with Crippen LogP contribution in [0.15, 0.2) is 0 Å². The molecule has 1 aromatic rings. The van der Waals surface area contributed by atoms with Crippen LogP contribution >= 0.6 is 0 Å². The predicted octanol–water partition coefficient (Wildman–Crippen LogP) is 1.21. The van der Waals surface area contributed by atoms with Gasteiger partial charge in [0.2, 0.25) is 0 Å². The van der Waals surface area contributed by atoms with Crippen LogP contribution in [0.2, 0.25) is 0 Å². The molecular formula is C7H11F3N3+. The van der Waals surface area contributed by atoms with Gasteiger partial charge in [0.05, 0.1) is 0 Å². The van der Waals surface area contributed by atoms with Gasteiger partial charge in [-0.25, -0.2) is 0 Å². The minimum atomic E-state index is -4.38. The molecule has 0 spiro atoms. The molecule has 0 aliphatic carbocycles. The molecule has 0 atom stereocenters. The Labute approximate surface area is 73.6 Å². The molecule has 74 valence electrons. The van der Waals surface area contributed by atoms with Gasteiger partial charge in [0.25, 0.3) is 5.82 Å². The van der Waals surface area contributed by atoms with E-state index in [4.69, 9.17) is 0 Å². The van der Waals surface area contributed by atoms with E-state index in [1.807, 2.05) is 6.92 Å². The lowest BCUT2D eigenvalue weighted by Gasteiger charge is -1.94. The lowest BCUT2D eigenvalue weighted by atomic mass is 10.3. The molecule has 1 N–H and O–H groups in total. The Morgan fingerprint density at radius 1 is 1.46 bits per heavy atom. The number of nitrogens with zero attached hydrogens (tertiary/aromatic N) is 2. The minimum Gasteiger partial charge on any atom is -0.191 e. The number of alkyl halides is 3. The fraction of sp³-hybridized carbons (Fsp3) is 0.714. The molecule has 1 rings (SSSR count). The number of rotatable bonds is 2. The lowest BCUT2D eigenvalue weighted by molar-refractivity contribution is -0.745. The van der Waals surface area contributed by atoms with Crippen molar-refractivity contribution in [2.75, 3.05) is 0 Å². The highest BCUT2D eigenvalue weighted by atomic mass is 19.4. The van der Waals surface area contributed by atoms with Gasteiger partial charge in [-0.2, -0.15) is 23.0 Å². The molecule has 1 heterocycles. The van der Waals surface area contributed by atoms with Crippen LogP contribution < -0.4 is 4.68 Å². The van der Waals surface area contributed by atoms with Gasteiger partial charge in [-0.1, -0.05) is 6.92 Å². The fourth-order valence-electron chi connectivity index (χ4n) is 1.08. The smallest absolute Gasteiger partial charge is 0.191 e. The second-order valence-electron chi connectivity index (χ2n) is 2.80. The van der Waals surface area contributed by atoms with E-state index in [9.17, 15) is 13.2 Å². The molecule has 13 heavy (non-hydrogen) atoms. The maximum atomic E-state index is 12.2. The van der Waals surface area contributed by atoms with E-state index in [0.29, 0.717) is 12.2 Å². The molecule has 0 aliphatic heterocycles. The van der Waals surface area contributed by atoms with Crippen molar-refractivity contribution < 1.29 is 17.9 Å². The summed E-state index contributed by atoms with van der Waals surface area (Å²) in [6, 6.07) is 0. The Morgan fingerprint density at radius 2 is 2.08 bits per heavy atom. The zero-order valence-electron chi connectivity index (χ0n) is 7.44. The average Bonchev–Trinajstić information content (AvgIpc) is 2.30. The van der Waals surface area contributed by atoms with Gasteiger partial charge < -0.3 is 0 Å². The van der Waals surface area contributed by atoms with Crippen molar-refractivity contribution >= 4 is 0 Å². The summed E-state index contributed by atoms with van der Waals surface area (Å²) in [5.41, 5.74) is 0. The first-order chi connectivity index (χ1) is 5.95. The van der Waals surface area contributed by atoms with Crippen LogP contribution in [0.4, 0.5) is 13.2 Å². The lowest BCUT2D eigenvalue weighted by Crippen LogP contribution is -2.38. The van der Waals surface area contributed by atoms with Crippen molar-refractivity contribution in [2.24, 2.45) is 7.05 Å². The monoisotopic (exact) mass is 194 g/mol. The molecule has 0 fully saturated rings. The molecular weight excluding hydrogens is 183 g/mol. The third kappa shape index (κ3) is 2.19. The molecule has 3 nitrogen and oxygen atoms in total. The van der Waals surface area contributed by atoms with Crippen LogP contribution in [0.25, 0.3) is 0 Å². The quantitative estimate of drug-likeness (QED) is 0.705. The first-order valence-electron chi connectivity index (χ1n) is 3.97. The first-order valence-corrected chi connectivity index (χ1v) is 3.97.